The van der Waals surface area contributed by atoms with Crippen molar-refractivity contribution in [2.45, 2.75) is 124 Å². The van der Waals surface area contributed by atoms with Crippen molar-refractivity contribution < 1.29 is 14.6 Å². The van der Waals surface area contributed by atoms with Crippen molar-refractivity contribution in [2.24, 2.45) is 52.3 Å². The number of carbonyl (C=O) groups is 1. The summed E-state index contributed by atoms with van der Waals surface area (Å²) in [6.45, 7) is 13.9. The molecule has 0 aromatic rings. The van der Waals surface area contributed by atoms with Gasteiger partial charge in [-0.05, 0) is 104 Å². The Bertz CT molecular complexity index is 673. The maximum Gasteiger partial charge on any atom is 0.302 e. The zero-order valence-electron chi connectivity index (χ0n) is 21.7. The fourth-order valence-corrected chi connectivity index (χ4v) is 9.55. The molecule has 0 heterocycles. The molecule has 32 heavy (non-hydrogen) atoms. The lowest BCUT2D eigenvalue weighted by molar-refractivity contribution is -0.182. The molecule has 0 saturated heterocycles. The van der Waals surface area contributed by atoms with E-state index in [0.29, 0.717) is 34.5 Å². The van der Waals surface area contributed by atoms with Gasteiger partial charge in [-0.3, -0.25) is 4.79 Å². The molecule has 4 aliphatic carbocycles. The Morgan fingerprint density at radius 1 is 0.969 bits per heavy atom. The first-order valence-electron chi connectivity index (χ1n) is 13.9. The van der Waals surface area contributed by atoms with Crippen molar-refractivity contribution in [3.63, 3.8) is 0 Å². The molecule has 0 bridgehead atoms. The summed E-state index contributed by atoms with van der Waals surface area (Å²) in [6.07, 6.45) is 13.3. The van der Waals surface area contributed by atoms with Gasteiger partial charge in [-0.1, -0.05) is 53.9 Å². The number of aliphatic hydroxyl groups is 1. The lowest BCUT2D eigenvalue weighted by Crippen LogP contribution is -2.58. The number of aliphatic hydroxyl groups excluding tert-OH is 1. The largest absolute Gasteiger partial charge is 0.463 e. The summed E-state index contributed by atoms with van der Waals surface area (Å²) < 4.78 is 5.61. The van der Waals surface area contributed by atoms with Crippen molar-refractivity contribution in [1.29, 1.82) is 0 Å². The zero-order chi connectivity index (χ0) is 23.3. The average Bonchev–Trinajstić information content (AvgIpc) is 3.05. The third-order valence-corrected chi connectivity index (χ3v) is 11.2. The number of rotatable bonds is 6. The van der Waals surface area contributed by atoms with Crippen LogP contribution >= 0.6 is 0 Å². The van der Waals surface area contributed by atoms with Crippen LogP contribution < -0.4 is 0 Å². The maximum absolute atomic E-state index is 11.5. The number of ether oxygens (including phenoxy) is 1. The van der Waals surface area contributed by atoms with Crippen molar-refractivity contribution in [1.82, 2.24) is 0 Å². The van der Waals surface area contributed by atoms with Gasteiger partial charge in [0, 0.05) is 6.92 Å². The van der Waals surface area contributed by atoms with Gasteiger partial charge in [0.25, 0.3) is 0 Å². The van der Waals surface area contributed by atoms with E-state index >= 15 is 0 Å². The molecule has 3 nitrogen and oxygen atoms in total. The summed E-state index contributed by atoms with van der Waals surface area (Å²) in [7, 11) is 0. The van der Waals surface area contributed by atoms with Crippen LogP contribution in [0.4, 0.5) is 0 Å². The van der Waals surface area contributed by atoms with E-state index < -0.39 is 0 Å². The number of esters is 1. The minimum Gasteiger partial charge on any atom is -0.463 e. The molecule has 10 atom stereocenters. The van der Waals surface area contributed by atoms with Gasteiger partial charge in [0.05, 0.1) is 6.10 Å². The predicted molar refractivity (Wildman–Crippen MR) is 130 cm³/mol. The van der Waals surface area contributed by atoms with E-state index in [9.17, 15) is 9.90 Å². The molecule has 0 radical (unpaired) electrons. The van der Waals surface area contributed by atoms with Gasteiger partial charge in [0.2, 0.25) is 0 Å². The quantitative estimate of drug-likeness (QED) is 0.446. The molecule has 0 spiro atoms. The Hall–Kier alpha value is -0.570. The SMILES string of the molecule is CC(=O)O[C@H]1CC[C@]2(C)C3CC[C@@]4(C)C(CC[C@@H]4C(C)CCCC(C)C)C3[C@H](O)C[C@H]2C1. The number of hydrogen-bond acceptors (Lipinski definition) is 3. The van der Waals surface area contributed by atoms with Crippen LogP contribution in [0.2, 0.25) is 0 Å². The van der Waals surface area contributed by atoms with E-state index in [0.717, 1.165) is 43.4 Å². The molecule has 184 valence electrons. The molecule has 4 rings (SSSR count). The highest BCUT2D eigenvalue weighted by molar-refractivity contribution is 5.66. The van der Waals surface area contributed by atoms with Crippen molar-refractivity contribution in [3.05, 3.63) is 0 Å². The van der Waals surface area contributed by atoms with Gasteiger partial charge in [-0.25, -0.2) is 0 Å². The smallest absolute Gasteiger partial charge is 0.302 e. The van der Waals surface area contributed by atoms with E-state index in [2.05, 4.69) is 34.6 Å². The Morgan fingerprint density at radius 3 is 2.34 bits per heavy atom. The lowest BCUT2D eigenvalue weighted by Gasteiger charge is -2.62. The fraction of sp³-hybridized carbons (Fsp3) is 0.966. The molecule has 4 saturated carbocycles. The summed E-state index contributed by atoms with van der Waals surface area (Å²) in [5.74, 6) is 4.61. The minimum atomic E-state index is -0.172. The monoisotopic (exact) mass is 446 g/mol. The fourth-order valence-electron chi connectivity index (χ4n) is 9.55. The van der Waals surface area contributed by atoms with Gasteiger partial charge in [0.15, 0.2) is 0 Å². The van der Waals surface area contributed by atoms with Crippen LogP contribution in [-0.4, -0.2) is 23.3 Å². The third kappa shape index (κ3) is 4.29. The second-order valence-electron chi connectivity index (χ2n) is 13.3. The molecule has 0 amide bonds. The van der Waals surface area contributed by atoms with E-state index in [1.807, 2.05) is 0 Å². The standard InChI is InChI=1S/C29H50O3/c1-18(2)8-7-9-19(3)23-10-11-24-27-25(13-15-29(23,24)6)28(5)14-12-22(32-20(4)30)16-21(28)17-26(27)31/h18-19,21-27,31H,7-17H2,1-6H3/t19?,21-,22+,23-,24?,25?,26-,27?,28+,29-/m1/s1. The maximum atomic E-state index is 11.5. The van der Waals surface area contributed by atoms with Crippen LogP contribution in [0.15, 0.2) is 0 Å². The molecule has 4 aliphatic rings. The highest BCUT2D eigenvalue weighted by atomic mass is 16.5. The Balaban J connectivity index is 1.48. The number of hydrogen-bond donors (Lipinski definition) is 1. The Kier molecular flexibility index (Phi) is 7.08. The third-order valence-electron chi connectivity index (χ3n) is 11.2. The molecule has 4 fully saturated rings. The molecule has 0 aromatic carbocycles. The van der Waals surface area contributed by atoms with Gasteiger partial charge in [-0.2, -0.15) is 0 Å². The van der Waals surface area contributed by atoms with Gasteiger partial charge in [0.1, 0.15) is 6.10 Å². The van der Waals surface area contributed by atoms with Crippen molar-refractivity contribution >= 4 is 5.97 Å². The van der Waals surface area contributed by atoms with Gasteiger partial charge in [-0.15, -0.1) is 0 Å². The molecule has 1 N–H and O–H groups in total. The van der Waals surface area contributed by atoms with Crippen LogP contribution in [0.3, 0.4) is 0 Å². The summed E-state index contributed by atoms with van der Waals surface area (Å²) in [6, 6.07) is 0. The van der Waals surface area contributed by atoms with Crippen LogP contribution in [0.1, 0.15) is 112 Å². The van der Waals surface area contributed by atoms with E-state index in [4.69, 9.17) is 4.74 Å². The summed E-state index contributed by atoms with van der Waals surface area (Å²) in [5.41, 5.74) is 0.723. The first-order valence-corrected chi connectivity index (χ1v) is 13.9. The second-order valence-corrected chi connectivity index (χ2v) is 13.3. The topological polar surface area (TPSA) is 46.5 Å². The van der Waals surface area contributed by atoms with Crippen molar-refractivity contribution in [3.8, 4) is 0 Å². The normalized spacial score (nSPS) is 46.8. The van der Waals surface area contributed by atoms with Crippen molar-refractivity contribution in [2.75, 3.05) is 0 Å². The molecule has 3 heteroatoms. The summed E-state index contributed by atoms with van der Waals surface area (Å²) in [5, 5.41) is 11.5. The predicted octanol–water partition coefficient (Wildman–Crippen LogP) is 7.01. The zero-order valence-corrected chi connectivity index (χ0v) is 21.7. The number of fused-ring (bicyclic) bond motifs is 5. The van der Waals surface area contributed by atoms with Crippen LogP contribution in [0.5, 0.6) is 0 Å². The highest BCUT2D eigenvalue weighted by Crippen LogP contribution is 2.68. The van der Waals surface area contributed by atoms with E-state index in [1.54, 1.807) is 0 Å². The molecular formula is C29H50O3. The first-order chi connectivity index (χ1) is 15.1. The van der Waals surface area contributed by atoms with Crippen LogP contribution in [0.25, 0.3) is 0 Å². The van der Waals surface area contributed by atoms with Gasteiger partial charge < -0.3 is 9.84 Å². The summed E-state index contributed by atoms with van der Waals surface area (Å²) in [4.78, 5) is 11.5. The van der Waals surface area contributed by atoms with Gasteiger partial charge >= 0.3 is 5.97 Å². The highest BCUT2D eigenvalue weighted by Gasteiger charge is 2.63. The van der Waals surface area contributed by atoms with Crippen LogP contribution in [-0.2, 0) is 9.53 Å². The van der Waals surface area contributed by atoms with E-state index in [-0.39, 0.29) is 18.2 Å². The average molecular weight is 447 g/mol. The first kappa shape index (κ1) is 24.6. The second kappa shape index (κ2) is 9.23. The minimum absolute atomic E-state index is 0.0609. The lowest BCUT2D eigenvalue weighted by atomic mass is 9.43. The molecule has 0 aliphatic heterocycles. The van der Waals surface area contributed by atoms with Crippen LogP contribution in [0, 0.1) is 52.3 Å². The van der Waals surface area contributed by atoms with E-state index in [1.165, 1.54) is 51.9 Å². The molecule has 4 unspecified atom stereocenters. The Labute approximate surface area is 197 Å². The molecular weight excluding hydrogens is 396 g/mol. The number of carbonyl (C=O) groups excluding carboxylic acids is 1. The Morgan fingerprint density at radius 2 is 1.66 bits per heavy atom. The summed E-state index contributed by atoms with van der Waals surface area (Å²) >= 11 is 0. The molecule has 0 aromatic heterocycles.